The number of imidazole rings is 1. The van der Waals surface area contributed by atoms with Crippen molar-refractivity contribution in [3.63, 3.8) is 0 Å². The van der Waals surface area contributed by atoms with Gasteiger partial charge in [0.1, 0.15) is 6.04 Å². The summed E-state index contributed by atoms with van der Waals surface area (Å²) < 4.78 is 2.39. The van der Waals surface area contributed by atoms with Crippen molar-refractivity contribution in [2.45, 2.75) is 12.5 Å². The maximum absolute atomic E-state index is 12.0. The van der Waals surface area contributed by atoms with Crippen molar-refractivity contribution in [2.75, 3.05) is 13.6 Å². The molecule has 17 heavy (non-hydrogen) atoms. The molecular formula is C11H12N4OS. The Hall–Kier alpha value is -1.69. The molecule has 1 aliphatic heterocycles. The lowest BCUT2D eigenvalue weighted by atomic mass is 10.2. The van der Waals surface area contributed by atoms with Gasteiger partial charge < -0.3 is 9.88 Å². The molecule has 1 atom stereocenters. The Balaban J connectivity index is 2.21. The lowest BCUT2D eigenvalue weighted by molar-refractivity contribution is -0.129. The molecule has 1 saturated heterocycles. The lowest BCUT2D eigenvalue weighted by Crippen LogP contribution is -2.24. The number of nitrogens with zero attached hydrogens (tertiary/aromatic N) is 3. The third-order valence-corrected chi connectivity index (χ3v) is 3.48. The summed E-state index contributed by atoms with van der Waals surface area (Å²) in [6, 6.07) is 3.55. The average Bonchev–Trinajstić information content (AvgIpc) is 2.80. The van der Waals surface area contributed by atoms with E-state index < -0.39 is 0 Å². The van der Waals surface area contributed by atoms with Crippen molar-refractivity contribution in [1.29, 1.82) is 0 Å². The molecule has 3 heterocycles. The monoisotopic (exact) mass is 248 g/mol. The van der Waals surface area contributed by atoms with E-state index in [1.165, 1.54) is 0 Å². The molecule has 0 saturated carbocycles. The predicted octanol–water partition coefficient (Wildman–Crippen LogP) is 1.50. The van der Waals surface area contributed by atoms with Gasteiger partial charge in [-0.3, -0.25) is 9.36 Å². The van der Waals surface area contributed by atoms with Crippen LogP contribution in [0, 0.1) is 4.77 Å². The number of amides is 1. The van der Waals surface area contributed by atoms with Gasteiger partial charge in [0.15, 0.2) is 10.4 Å². The summed E-state index contributed by atoms with van der Waals surface area (Å²) in [5.74, 6) is 0.104. The van der Waals surface area contributed by atoms with Crippen LogP contribution in [0.2, 0.25) is 0 Å². The molecule has 6 heteroatoms. The second-order valence-electron chi connectivity index (χ2n) is 4.24. The van der Waals surface area contributed by atoms with Crippen molar-refractivity contribution in [1.82, 2.24) is 19.4 Å². The van der Waals surface area contributed by atoms with E-state index >= 15 is 0 Å². The third kappa shape index (κ3) is 1.48. The molecule has 0 aliphatic carbocycles. The Kier molecular flexibility index (Phi) is 2.25. The molecule has 0 bridgehead atoms. The summed E-state index contributed by atoms with van der Waals surface area (Å²) in [5.41, 5.74) is 1.63. The van der Waals surface area contributed by atoms with Gasteiger partial charge in [-0.1, -0.05) is 0 Å². The van der Waals surface area contributed by atoms with Crippen LogP contribution in [0.4, 0.5) is 0 Å². The summed E-state index contributed by atoms with van der Waals surface area (Å²) in [6.45, 7) is 0.769. The number of hydrogen-bond acceptors (Lipinski definition) is 3. The highest BCUT2D eigenvalue weighted by Crippen LogP contribution is 2.25. The fourth-order valence-electron chi connectivity index (χ4n) is 2.29. The zero-order valence-corrected chi connectivity index (χ0v) is 10.2. The first-order valence-electron chi connectivity index (χ1n) is 5.48. The van der Waals surface area contributed by atoms with Crippen molar-refractivity contribution < 1.29 is 4.79 Å². The van der Waals surface area contributed by atoms with E-state index in [-0.39, 0.29) is 11.9 Å². The summed E-state index contributed by atoms with van der Waals surface area (Å²) in [7, 11) is 1.81. The smallest absolute Gasteiger partial charge is 0.245 e. The summed E-state index contributed by atoms with van der Waals surface area (Å²) in [4.78, 5) is 21.1. The number of likely N-dealkylation sites (tertiary alicyclic amines) is 1. The Morgan fingerprint density at radius 1 is 1.59 bits per heavy atom. The molecule has 2 aromatic rings. The average molecular weight is 248 g/mol. The van der Waals surface area contributed by atoms with Gasteiger partial charge in [0, 0.05) is 19.8 Å². The van der Waals surface area contributed by atoms with Gasteiger partial charge in [-0.15, -0.1) is 0 Å². The van der Waals surface area contributed by atoms with Crippen LogP contribution >= 0.6 is 12.2 Å². The van der Waals surface area contributed by atoms with Crippen LogP contribution in [0.3, 0.4) is 0 Å². The molecule has 1 unspecified atom stereocenters. The number of likely N-dealkylation sites (N-methyl/N-ethyl adjacent to an activating group) is 1. The number of pyridine rings is 1. The SMILES string of the molecule is CN1CCC(n2c(=S)[nH]c3cccnc32)C1=O. The first-order chi connectivity index (χ1) is 8.18. The maximum Gasteiger partial charge on any atom is 0.245 e. The number of nitrogens with one attached hydrogen (secondary N) is 1. The van der Waals surface area contributed by atoms with Gasteiger partial charge in [0.05, 0.1) is 5.52 Å². The minimum atomic E-state index is -0.212. The van der Waals surface area contributed by atoms with E-state index in [9.17, 15) is 4.79 Å². The van der Waals surface area contributed by atoms with Gasteiger partial charge in [-0.2, -0.15) is 0 Å². The summed E-state index contributed by atoms with van der Waals surface area (Å²) >= 11 is 5.28. The van der Waals surface area contributed by atoms with Crippen LogP contribution in [0.1, 0.15) is 12.5 Å². The molecule has 88 valence electrons. The van der Waals surface area contributed by atoms with Crippen molar-refractivity contribution in [2.24, 2.45) is 0 Å². The largest absolute Gasteiger partial charge is 0.344 e. The molecule has 1 amide bonds. The molecule has 2 aromatic heterocycles. The minimum Gasteiger partial charge on any atom is -0.344 e. The van der Waals surface area contributed by atoms with Crippen LogP contribution in [-0.2, 0) is 4.79 Å². The lowest BCUT2D eigenvalue weighted by Gasteiger charge is -2.11. The van der Waals surface area contributed by atoms with Crippen LogP contribution < -0.4 is 0 Å². The molecule has 5 nitrogen and oxygen atoms in total. The third-order valence-electron chi connectivity index (χ3n) is 3.19. The number of carbonyl (C=O) groups excluding carboxylic acids is 1. The topological polar surface area (TPSA) is 53.9 Å². The first-order valence-corrected chi connectivity index (χ1v) is 5.89. The van der Waals surface area contributed by atoms with E-state index in [4.69, 9.17) is 12.2 Å². The number of aromatic nitrogens is 3. The van der Waals surface area contributed by atoms with Crippen molar-refractivity contribution in [3.05, 3.63) is 23.1 Å². The second-order valence-corrected chi connectivity index (χ2v) is 4.63. The standard InChI is InChI=1S/C11H12N4OS/c1-14-6-4-8(10(14)16)15-9-7(13-11(15)17)3-2-5-12-9/h2-3,5,8H,4,6H2,1H3,(H,13,17). The van der Waals surface area contributed by atoms with E-state index in [2.05, 4.69) is 9.97 Å². The number of carbonyl (C=O) groups is 1. The number of fused-ring (bicyclic) bond motifs is 1. The van der Waals surface area contributed by atoms with Gasteiger partial charge in [0.25, 0.3) is 0 Å². The fourth-order valence-corrected chi connectivity index (χ4v) is 2.61. The molecule has 1 aliphatic rings. The molecule has 1 N–H and O–H groups in total. The molecule has 3 rings (SSSR count). The van der Waals surface area contributed by atoms with E-state index in [1.54, 1.807) is 11.1 Å². The Labute approximate surface area is 103 Å². The van der Waals surface area contributed by atoms with Gasteiger partial charge >= 0.3 is 0 Å². The van der Waals surface area contributed by atoms with Gasteiger partial charge in [-0.05, 0) is 30.8 Å². The van der Waals surface area contributed by atoms with Crippen LogP contribution in [0.5, 0.6) is 0 Å². The zero-order chi connectivity index (χ0) is 12.0. The Morgan fingerprint density at radius 2 is 2.41 bits per heavy atom. The number of H-pyrrole nitrogens is 1. The molecular weight excluding hydrogens is 236 g/mol. The van der Waals surface area contributed by atoms with Crippen LogP contribution in [0.15, 0.2) is 18.3 Å². The second kappa shape index (κ2) is 3.66. The maximum atomic E-state index is 12.0. The predicted molar refractivity (Wildman–Crippen MR) is 66.2 cm³/mol. The summed E-state index contributed by atoms with van der Waals surface area (Å²) in [5, 5.41) is 0. The highest BCUT2D eigenvalue weighted by atomic mass is 32.1. The molecule has 0 spiro atoms. The van der Waals surface area contributed by atoms with Gasteiger partial charge in [-0.25, -0.2) is 4.98 Å². The Morgan fingerprint density at radius 3 is 3.12 bits per heavy atom. The minimum absolute atomic E-state index is 0.104. The number of aromatic amines is 1. The van der Waals surface area contributed by atoms with Crippen molar-refractivity contribution in [3.8, 4) is 0 Å². The normalized spacial score (nSPS) is 20.4. The molecule has 1 fully saturated rings. The van der Waals surface area contributed by atoms with E-state index in [0.29, 0.717) is 4.77 Å². The van der Waals surface area contributed by atoms with Gasteiger partial charge in [0.2, 0.25) is 5.91 Å². The van der Waals surface area contributed by atoms with Crippen LogP contribution in [0.25, 0.3) is 11.2 Å². The highest BCUT2D eigenvalue weighted by Gasteiger charge is 2.32. The number of rotatable bonds is 1. The van der Waals surface area contributed by atoms with E-state index in [0.717, 1.165) is 24.1 Å². The fraction of sp³-hybridized carbons (Fsp3) is 0.364. The molecule has 0 radical (unpaired) electrons. The first kappa shape index (κ1) is 10.5. The quantitative estimate of drug-likeness (QED) is 0.778. The zero-order valence-electron chi connectivity index (χ0n) is 9.38. The summed E-state index contributed by atoms with van der Waals surface area (Å²) in [6.07, 6.45) is 2.50. The van der Waals surface area contributed by atoms with E-state index in [1.807, 2.05) is 23.7 Å². The Bertz CT molecular complexity index is 644. The van der Waals surface area contributed by atoms with Crippen LogP contribution in [-0.4, -0.2) is 38.9 Å². The molecule has 0 aromatic carbocycles. The highest BCUT2D eigenvalue weighted by molar-refractivity contribution is 7.71. The number of hydrogen-bond donors (Lipinski definition) is 1. The van der Waals surface area contributed by atoms with Crippen molar-refractivity contribution >= 4 is 29.3 Å².